The van der Waals surface area contributed by atoms with Crippen LogP contribution >= 0.6 is 0 Å². The van der Waals surface area contributed by atoms with Crippen LogP contribution in [0.5, 0.6) is 0 Å². The summed E-state index contributed by atoms with van der Waals surface area (Å²) in [4.78, 5) is 11.8. The molecule has 0 radical (unpaired) electrons. The van der Waals surface area contributed by atoms with E-state index in [0.29, 0.717) is 0 Å². The molecule has 0 aliphatic rings. The molecule has 0 saturated carbocycles. The van der Waals surface area contributed by atoms with Crippen LogP contribution in [0.4, 0.5) is 0 Å². The van der Waals surface area contributed by atoms with Crippen molar-refractivity contribution in [2.45, 2.75) is 20.8 Å². The van der Waals surface area contributed by atoms with Crippen molar-refractivity contribution in [2.75, 3.05) is 0 Å². The van der Waals surface area contributed by atoms with Crippen molar-refractivity contribution in [3.8, 4) is 0 Å². The van der Waals surface area contributed by atoms with Crippen molar-refractivity contribution in [2.24, 2.45) is 5.41 Å². The van der Waals surface area contributed by atoms with Crippen molar-refractivity contribution in [3.63, 3.8) is 0 Å². The van der Waals surface area contributed by atoms with Gasteiger partial charge in [-0.1, -0.05) is 57.7 Å². The van der Waals surface area contributed by atoms with E-state index in [9.17, 15) is 4.79 Å². The van der Waals surface area contributed by atoms with Gasteiger partial charge in [-0.15, -0.1) is 0 Å². The van der Waals surface area contributed by atoms with E-state index in [2.05, 4.69) is 6.58 Å². The highest BCUT2D eigenvalue weighted by atomic mass is 16.1. The van der Waals surface area contributed by atoms with Crippen LogP contribution in [0.25, 0.3) is 6.08 Å². The molecule has 74 valence electrons. The van der Waals surface area contributed by atoms with E-state index in [-0.39, 0.29) is 11.2 Å². The average Bonchev–Trinajstić information content (AvgIpc) is 2.15. The van der Waals surface area contributed by atoms with E-state index in [4.69, 9.17) is 0 Å². The Morgan fingerprint density at radius 3 is 2.07 bits per heavy atom. The maximum Gasteiger partial charge on any atom is 0.168 e. The monoisotopic (exact) mass is 188 g/mol. The van der Waals surface area contributed by atoms with E-state index in [1.165, 1.54) is 0 Å². The smallest absolute Gasteiger partial charge is 0.168 e. The number of rotatable bonds is 2. The molecule has 0 spiro atoms. The number of carbonyl (C=O) groups excluding carboxylic acids is 1. The van der Waals surface area contributed by atoms with Crippen LogP contribution in [0, 0.1) is 5.41 Å². The van der Waals surface area contributed by atoms with Gasteiger partial charge in [-0.3, -0.25) is 4.79 Å². The van der Waals surface area contributed by atoms with Crippen LogP contribution in [0.3, 0.4) is 0 Å². The molecule has 0 N–H and O–H groups in total. The van der Waals surface area contributed by atoms with Crippen molar-refractivity contribution < 1.29 is 4.79 Å². The van der Waals surface area contributed by atoms with E-state index in [1.54, 1.807) is 6.08 Å². The van der Waals surface area contributed by atoms with Gasteiger partial charge in [-0.25, -0.2) is 0 Å². The van der Waals surface area contributed by atoms with Gasteiger partial charge in [0.2, 0.25) is 0 Å². The Morgan fingerprint density at radius 1 is 1.21 bits per heavy atom. The highest BCUT2D eigenvalue weighted by molar-refractivity contribution is 5.99. The minimum absolute atomic E-state index is 0.174. The molecule has 0 aliphatic heterocycles. The second kappa shape index (κ2) is 3.79. The third-order valence-electron chi connectivity index (χ3n) is 2.09. The number of benzene rings is 1. The average molecular weight is 188 g/mol. The predicted molar refractivity (Wildman–Crippen MR) is 60.3 cm³/mol. The van der Waals surface area contributed by atoms with Crippen LogP contribution in [0.15, 0.2) is 30.8 Å². The van der Waals surface area contributed by atoms with E-state index in [1.807, 2.05) is 45.0 Å². The van der Waals surface area contributed by atoms with Gasteiger partial charge in [0, 0.05) is 11.0 Å². The lowest BCUT2D eigenvalue weighted by atomic mass is 9.86. The van der Waals surface area contributed by atoms with Crippen molar-refractivity contribution in [1.29, 1.82) is 0 Å². The molecule has 0 fully saturated rings. The summed E-state index contributed by atoms with van der Waals surface area (Å²) < 4.78 is 0. The first kappa shape index (κ1) is 10.7. The highest BCUT2D eigenvalue weighted by Crippen LogP contribution is 2.20. The predicted octanol–water partition coefficient (Wildman–Crippen LogP) is 3.56. The maximum absolute atomic E-state index is 11.8. The lowest BCUT2D eigenvalue weighted by Crippen LogP contribution is -2.19. The van der Waals surface area contributed by atoms with Gasteiger partial charge in [-0.2, -0.15) is 0 Å². The fourth-order valence-electron chi connectivity index (χ4n) is 1.20. The molecule has 0 amide bonds. The Kier molecular flexibility index (Phi) is 2.90. The number of hydrogen-bond acceptors (Lipinski definition) is 1. The van der Waals surface area contributed by atoms with Crippen LogP contribution in [0.2, 0.25) is 0 Å². The Labute approximate surface area is 85.5 Å². The molecular formula is C13H16O. The molecule has 1 aromatic rings. The minimum Gasteiger partial charge on any atom is -0.294 e. The number of carbonyl (C=O) groups is 1. The van der Waals surface area contributed by atoms with Crippen molar-refractivity contribution in [3.05, 3.63) is 42.0 Å². The van der Waals surface area contributed by atoms with E-state index in [0.717, 1.165) is 11.1 Å². The SMILES string of the molecule is C=Cc1ccc(C(=O)C(C)(C)C)cc1. The van der Waals surface area contributed by atoms with Gasteiger partial charge in [-0.05, 0) is 5.56 Å². The summed E-state index contributed by atoms with van der Waals surface area (Å²) >= 11 is 0. The van der Waals surface area contributed by atoms with Gasteiger partial charge in [0.15, 0.2) is 5.78 Å². The molecule has 0 saturated heterocycles. The minimum atomic E-state index is -0.310. The Balaban J connectivity index is 2.98. The first-order valence-electron chi connectivity index (χ1n) is 4.72. The van der Waals surface area contributed by atoms with Gasteiger partial charge >= 0.3 is 0 Å². The van der Waals surface area contributed by atoms with Crippen LogP contribution in [-0.4, -0.2) is 5.78 Å². The zero-order valence-corrected chi connectivity index (χ0v) is 9.00. The summed E-state index contributed by atoms with van der Waals surface area (Å²) in [6.07, 6.45) is 1.77. The molecule has 0 atom stereocenters. The van der Waals surface area contributed by atoms with E-state index < -0.39 is 0 Å². The highest BCUT2D eigenvalue weighted by Gasteiger charge is 2.22. The molecule has 1 nitrogen and oxygen atoms in total. The number of ketones is 1. The van der Waals surface area contributed by atoms with Gasteiger partial charge < -0.3 is 0 Å². The van der Waals surface area contributed by atoms with Crippen molar-refractivity contribution >= 4 is 11.9 Å². The number of hydrogen-bond donors (Lipinski definition) is 0. The Morgan fingerprint density at radius 2 is 1.71 bits per heavy atom. The maximum atomic E-state index is 11.8. The lowest BCUT2D eigenvalue weighted by Gasteiger charge is -2.16. The molecule has 0 bridgehead atoms. The quantitative estimate of drug-likeness (QED) is 0.648. The Hall–Kier alpha value is -1.37. The van der Waals surface area contributed by atoms with Crippen molar-refractivity contribution in [1.82, 2.24) is 0 Å². The van der Waals surface area contributed by atoms with Crippen LogP contribution in [0.1, 0.15) is 36.7 Å². The molecule has 14 heavy (non-hydrogen) atoms. The Bertz CT molecular complexity index is 338. The second-order valence-corrected chi connectivity index (χ2v) is 4.41. The molecule has 0 unspecified atom stereocenters. The van der Waals surface area contributed by atoms with Gasteiger partial charge in [0.05, 0.1) is 0 Å². The number of Topliss-reactive ketones (excluding diaryl/α,β-unsaturated/α-hetero) is 1. The molecule has 1 heteroatoms. The molecule has 0 aromatic heterocycles. The first-order chi connectivity index (χ1) is 6.45. The largest absolute Gasteiger partial charge is 0.294 e. The first-order valence-corrected chi connectivity index (χ1v) is 4.72. The summed E-state index contributed by atoms with van der Waals surface area (Å²) in [6, 6.07) is 7.52. The molecule has 0 aliphatic carbocycles. The van der Waals surface area contributed by atoms with Gasteiger partial charge in [0.1, 0.15) is 0 Å². The summed E-state index contributed by atoms with van der Waals surface area (Å²) in [7, 11) is 0. The summed E-state index contributed by atoms with van der Waals surface area (Å²) in [6.45, 7) is 9.45. The molecule has 1 aromatic carbocycles. The van der Waals surface area contributed by atoms with Crippen LogP contribution < -0.4 is 0 Å². The summed E-state index contributed by atoms with van der Waals surface area (Å²) in [5, 5.41) is 0. The van der Waals surface area contributed by atoms with E-state index >= 15 is 0 Å². The molecule has 1 rings (SSSR count). The zero-order chi connectivity index (χ0) is 10.8. The van der Waals surface area contributed by atoms with Gasteiger partial charge in [0.25, 0.3) is 0 Å². The summed E-state index contributed by atoms with van der Waals surface area (Å²) in [5.41, 5.74) is 1.49. The third-order valence-corrected chi connectivity index (χ3v) is 2.09. The zero-order valence-electron chi connectivity index (χ0n) is 9.00. The fraction of sp³-hybridized carbons (Fsp3) is 0.308. The second-order valence-electron chi connectivity index (χ2n) is 4.41. The normalized spacial score (nSPS) is 11.1. The standard InChI is InChI=1S/C13H16O/c1-5-10-6-8-11(9-7-10)12(14)13(2,3)4/h5-9H,1H2,2-4H3. The molecule has 0 heterocycles. The lowest BCUT2D eigenvalue weighted by molar-refractivity contribution is 0.0858. The summed E-state index contributed by atoms with van der Waals surface area (Å²) in [5.74, 6) is 0.174. The fourth-order valence-corrected chi connectivity index (χ4v) is 1.20. The topological polar surface area (TPSA) is 17.1 Å². The van der Waals surface area contributed by atoms with Crippen LogP contribution in [-0.2, 0) is 0 Å². The molecular weight excluding hydrogens is 172 g/mol. The third kappa shape index (κ3) is 2.32.